The first-order valence-electron chi connectivity index (χ1n) is 10.1. The van der Waals surface area contributed by atoms with Crippen molar-refractivity contribution in [1.29, 1.82) is 0 Å². The maximum atomic E-state index is 13.6. The molecule has 2 aliphatic heterocycles. The van der Waals surface area contributed by atoms with Crippen molar-refractivity contribution in [3.05, 3.63) is 59.9 Å². The lowest BCUT2D eigenvalue weighted by Crippen LogP contribution is -2.63. The Morgan fingerprint density at radius 1 is 1.14 bits per heavy atom. The number of fused-ring (bicyclic) bond motifs is 1. The standard InChI is InChI=1S/C23H27FN4O/c1-22(2,3)27-21-23(26-19-11-5-4-10-18(19)25-21)12-7-13-28(15-23)20(29)16-8-6-9-17(24)14-16/h4-6,8-11,14,26H,7,12-13,15H2,1-3H3,(H,25,27)/t23-/m1/s1. The molecule has 2 heterocycles. The molecular weight excluding hydrogens is 367 g/mol. The molecule has 0 aromatic heterocycles. The van der Waals surface area contributed by atoms with E-state index in [1.165, 1.54) is 12.1 Å². The van der Waals surface area contributed by atoms with Crippen molar-refractivity contribution in [1.82, 2.24) is 4.90 Å². The monoisotopic (exact) mass is 394 g/mol. The Morgan fingerprint density at radius 2 is 1.90 bits per heavy atom. The molecule has 2 aliphatic rings. The molecule has 4 rings (SSSR count). The summed E-state index contributed by atoms with van der Waals surface area (Å²) in [4.78, 5) is 19.9. The molecule has 6 heteroatoms. The Labute approximate surface area is 171 Å². The lowest BCUT2D eigenvalue weighted by molar-refractivity contribution is 0.0694. The summed E-state index contributed by atoms with van der Waals surface area (Å²) in [5.74, 6) is 0.295. The number of amides is 1. The van der Waals surface area contributed by atoms with Crippen molar-refractivity contribution in [2.24, 2.45) is 4.99 Å². The molecule has 1 atom stereocenters. The van der Waals surface area contributed by atoms with Crippen molar-refractivity contribution in [3.63, 3.8) is 0 Å². The van der Waals surface area contributed by atoms with E-state index in [1.54, 1.807) is 17.0 Å². The van der Waals surface area contributed by atoms with Crippen LogP contribution in [0.15, 0.2) is 53.5 Å². The summed E-state index contributed by atoms with van der Waals surface area (Å²) in [7, 11) is 0. The van der Waals surface area contributed by atoms with Crippen LogP contribution in [0.4, 0.5) is 15.8 Å². The number of aliphatic imine (C=N–C) groups is 1. The number of amidine groups is 1. The molecule has 1 spiro atoms. The first kappa shape index (κ1) is 19.4. The Morgan fingerprint density at radius 3 is 2.62 bits per heavy atom. The van der Waals surface area contributed by atoms with Crippen LogP contribution in [0.5, 0.6) is 0 Å². The molecule has 2 aromatic rings. The number of halogens is 1. The number of carbonyl (C=O) groups is 1. The topological polar surface area (TPSA) is 56.7 Å². The van der Waals surface area contributed by atoms with Gasteiger partial charge >= 0.3 is 0 Å². The Hall–Kier alpha value is -2.89. The maximum Gasteiger partial charge on any atom is 0.254 e. The van der Waals surface area contributed by atoms with E-state index in [0.29, 0.717) is 18.7 Å². The number of hydrogen-bond donors (Lipinski definition) is 2. The average molecular weight is 394 g/mol. The highest BCUT2D eigenvalue weighted by Gasteiger charge is 2.45. The van der Waals surface area contributed by atoms with Crippen molar-refractivity contribution in [2.75, 3.05) is 23.7 Å². The van der Waals surface area contributed by atoms with Gasteiger partial charge in [-0.15, -0.1) is 0 Å². The smallest absolute Gasteiger partial charge is 0.254 e. The van der Waals surface area contributed by atoms with E-state index >= 15 is 0 Å². The molecule has 152 valence electrons. The lowest BCUT2D eigenvalue weighted by Gasteiger charge is -2.47. The Balaban J connectivity index is 1.70. The molecule has 1 fully saturated rings. The summed E-state index contributed by atoms with van der Waals surface area (Å²) in [6.07, 6.45) is 1.69. The van der Waals surface area contributed by atoms with Gasteiger partial charge in [0.15, 0.2) is 0 Å². The van der Waals surface area contributed by atoms with Gasteiger partial charge in [-0.05, 0) is 63.9 Å². The number of likely N-dealkylation sites (tertiary alicyclic amines) is 1. The molecule has 0 unspecified atom stereocenters. The highest BCUT2D eigenvalue weighted by molar-refractivity contribution is 6.10. The first-order chi connectivity index (χ1) is 13.8. The quantitative estimate of drug-likeness (QED) is 0.747. The van der Waals surface area contributed by atoms with E-state index in [2.05, 4.69) is 31.4 Å². The number of nitrogens with zero attached hydrogens (tertiary/aromatic N) is 2. The van der Waals surface area contributed by atoms with Gasteiger partial charge in [-0.3, -0.25) is 9.79 Å². The zero-order valence-corrected chi connectivity index (χ0v) is 17.1. The van der Waals surface area contributed by atoms with Crippen molar-refractivity contribution < 1.29 is 9.18 Å². The van der Waals surface area contributed by atoms with Gasteiger partial charge in [-0.25, -0.2) is 4.39 Å². The molecule has 29 heavy (non-hydrogen) atoms. The predicted molar refractivity (Wildman–Crippen MR) is 115 cm³/mol. The fourth-order valence-electron chi connectivity index (χ4n) is 4.06. The highest BCUT2D eigenvalue weighted by Crippen LogP contribution is 2.37. The van der Waals surface area contributed by atoms with Crippen LogP contribution in [-0.2, 0) is 0 Å². The Bertz CT molecular complexity index is 965. The van der Waals surface area contributed by atoms with Crippen LogP contribution in [0, 0.1) is 5.82 Å². The normalized spacial score (nSPS) is 22.8. The first-order valence-corrected chi connectivity index (χ1v) is 10.1. The number of rotatable bonds is 1. The Kier molecular flexibility index (Phi) is 4.81. The zero-order valence-electron chi connectivity index (χ0n) is 17.1. The fourth-order valence-corrected chi connectivity index (χ4v) is 4.06. The number of anilines is 2. The van der Waals surface area contributed by atoms with Gasteiger partial charge in [0.05, 0.1) is 23.5 Å². The van der Waals surface area contributed by atoms with Crippen molar-refractivity contribution in [3.8, 4) is 0 Å². The highest BCUT2D eigenvalue weighted by atomic mass is 19.1. The van der Waals surface area contributed by atoms with Crippen LogP contribution in [0.1, 0.15) is 44.0 Å². The van der Waals surface area contributed by atoms with Crippen molar-refractivity contribution >= 4 is 23.1 Å². The lowest BCUT2D eigenvalue weighted by atomic mass is 9.84. The third-order valence-corrected chi connectivity index (χ3v) is 5.31. The predicted octanol–water partition coefficient (Wildman–Crippen LogP) is 4.54. The van der Waals surface area contributed by atoms with Crippen LogP contribution in [0.2, 0.25) is 0 Å². The van der Waals surface area contributed by atoms with Crippen LogP contribution >= 0.6 is 0 Å². The number of piperidine rings is 1. The van der Waals surface area contributed by atoms with Crippen LogP contribution in [0.3, 0.4) is 0 Å². The number of carbonyl (C=O) groups excluding carboxylic acids is 1. The van der Waals surface area contributed by atoms with E-state index < -0.39 is 11.4 Å². The van der Waals surface area contributed by atoms with E-state index in [0.717, 1.165) is 30.1 Å². The molecule has 1 amide bonds. The van der Waals surface area contributed by atoms with E-state index in [-0.39, 0.29) is 11.4 Å². The van der Waals surface area contributed by atoms with Crippen molar-refractivity contribution in [2.45, 2.75) is 44.7 Å². The summed E-state index contributed by atoms with van der Waals surface area (Å²) in [6, 6.07) is 13.9. The second-order valence-electron chi connectivity index (χ2n) is 8.85. The summed E-state index contributed by atoms with van der Waals surface area (Å²) in [5.41, 5.74) is 1.59. The average Bonchev–Trinajstić information content (AvgIpc) is 2.67. The van der Waals surface area contributed by atoms with Gasteiger partial charge in [0.25, 0.3) is 5.91 Å². The molecule has 5 nitrogen and oxygen atoms in total. The van der Waals surface area contributed by atoms with E-state index in [9.17, 15) is 9.18 Å². The SMILES string of the molecule is CC(C)(C)N=C1Nc2ccccc2N[C@@]12CCCN(C(=O)c1cccc(F)c1)C2. The molecule has 0 radical (unpaired) electrons. The molecule has 2 aromatic carbocycles. The molecular formula is C23H27FN4O. The minimum atomic E-state index is -0.497. The van der Waals surface area contributed by atoms with Gasteiger partial charge in [0.1, 0.15) is 17.2 Å². The van der Waals surface area contributed by atoms with Crippen LogP contribution in [0.25, 0.3) is 0 Å². The molecule has 0 aliphatic carbocycles. The third-order valence-electron chi connectivity index (χ3n) is 5.31. The minimum absolute atomic E-state index is 0.153. The molecule has 0 saturated carbocycles. The van der Waals surface area contributed by atoms with E-state index in [1.807, 2.05) is 24.3 Å². The van der Waals surface area contributed by atoms with Gasteiger partial charge in [-0.1, -0.05) is 18.2 Å². The number of nitrogens with one attached hydrogen (secondary N) is 2. The minimum Gasteiger partial charge on any atom is -0.370 e. The molecule has 2 N–H and O–H groups in total. The van der Waals surface area contributed by atoms with Gasteiger partial charge < -0.3 is 15.5 Å². The third kappa shape index (κ3) is 3.97. The van der Waals surface area contributed by atoms with Gasteiger partial charge in [0, 0.05) is 12.1 Å². The van der Waals surface area contributed by atoms with Gasteiger partial charge in [0.2, 0.25) is 0 Å². The second-order valence-corrected chi connectivity index (χ2v) is 8.85. The molecule has 1 saturated heterocycles. The second kappa shape index (κ2) is 7.17. The summed E-state index contributed by atoms with van der Waals surface area (Å²) < 4.78 is 13.6. The summed E-state index contributed by atoms with van der Waals surface area (Å²) in [5, 5.41) is 7.18. The van der Waals surface area contributed by atoms with Crippen LogP contribution < -0.4 is 10.6 Å². The van der Waals surface area contributed by atoms with Gasteiger partial charge in [-0.2, -0.15) is 0 Å². The van der Waals surface area contributed by atoms with Crippen LogP contribution in [-0.4, -0.2) is 40.8 Å². The largest absolute Gasteiger partial charge is 0.370 e. The summed E-state index contributed by atoms with van der Waals surface area (Å²) >= 11 is 0. The van der Waals surface area contributed by atoms with E-state index in [4.69, 9.17) is 4.99 Å². The summed E-state index contributed by atoms with van der Waals surface area (Å²) in [6.45, 7) is 7.30. The number of para-hydroxylation sites is 2. The maximum absolute atomic E-state index is 13.6. The number of hydrogen-bond acceptors (Lipinski definition) is 3. The fraction of sp³-hybridized carbons (Fsp3) is 0.391. The number of benzene rings is 2. The molecule has 0 bridgehead atoms. The zero-order chi connectivity index (χ0) is 20.6.